The van der Waals surface area contributed by atoms with Crippen molar-refractivity contribution in [2.24, 2.45) is 0 Å². The van der Waals surface area contributed by atoms with Gasteiger partial charge in [-0.2, -0.15) is 0 Å². The lowest BCUT2D eigenvalue weighted by atomic mass is 10.1. The fraction of sp³-hybridized carbons (Fsp3) is 0.600. The molecule has 0 saturated heterocycles. The third-order valence-corrected chi connectivity index (χ3v) is 3.19. The number of aromatic nitrogens is 1. The molecule has 1 unspecified atom stereocenters. The highest BCUT2D eigenvalue weighted by molar-refractivity contribution is 5.95. The van der Waals surface area contributed by atoms with Crippen molar-refractivity contribution in [1.29, 1.82) is 0 Å². The number of nitrogen functional groups attached to an aromatic ring is 1. The molecule has 0 saturated carbocycles. The second-order valence-corrected chi connectivity index (χ2v) is 5.05. The molecule has 1 aromatic rings. The molecule has 0 aliphatic rings. The average Bonchev–Trinajstić information content (AvgIpc) is 2.44. The summed E-state index contributed by atoms with van der Waals surface area (Å²) in [6.45, 7) is 4.29. The molecule has 3 N–H and O–H groups in total. The van der Waals surface area contributed by atoms with Gasteiger partial charge in [0, 0.05) is 6.04 Å². The van der Waals surface area contributed by atoms with E-state index < -0.39 is 5.97 Å². The Kier molecular flexibility index (Phi) is 6.84. The summed E-state index contributed by atoms with van der Waals surface area (Å²) < 4.78 is 4.75. The molecular formula is C15H25N3O2. The molecule has 1 rings (SSSR count). The largest absolute Gasteiger partial charge is 0.465 e. The summed E-state index contributed by atoms with van der Waals surface area (Å²) in [5.74, 6) is 0.111. The molecule has 20 heavy (non-hydrogen) atoms. The van der Waals surface area contributed by atoms with Crippen molar-refractivity contribution in [2.75, 3.05) is 18.2 Å². The van der Waals surface area contributed by atoms with Crippen LogP contribution in [0.1, 0.15) is 56.3 Å². The monoisotopic (exact) mass is 279 g/mol. The summed E-state index contributed by atoms with van der Waals surface area (Å²) in [6.07, 6.45) is 7.49. The number of methoxy groups -OCH3 is 1. The number of hydrogen-bond acceptors (Lipinski definition) is 5. The first-order valence-corrected chi connectivity index (χ1v) is 7.18. The number of unbranched alkanes of at least 4 members (excludes halogenated alkanes) is 3. The van der Waals surface area contributed by atoms with E-state index in [0.717, 1.165) is 6.42 Å². The Hall–Kier alpha value is -1.78. The maximum atomic E-state index is 11.7. The van der Waals surface area contributed by atoms with Gasteiger partial charge in [0.15, 0.2) is 0 Å². The van der Waals surface area contributed by atoms with Crippen LogP contribution in [0.15, 0.2) is 12.3 Å². The van der Waals surface area contributed by atoms with Crippen molar-refractivity contribution in [2.45, 2.75) is 52.0 Å². The molecule has 0 radical (unpaired) electrons. The fourth-order valence-corrected chi connectivity index (χ4v) is 2.04. The van der Waals surface area contributed by atoms with Crippen molar-refractivity contribution < 1.29 is 9.53 Å². The summed E-state index contributed by atoms with van der Waals surface area (Å²) >= 11 is 0. The Morgan fingerprint density at radius 3 is 2.85 bits per heavy atom. The third-order valence-electron chi connectivity index (χ3n) is 3.19. The lowest BCUT2D eigenvalue weighted by Gasteiger charge is -2.16. The molecule has 0 aliphatic carbocycles. The average molecular weight is 279 g/mol. The van der Waals surface area contributed by atoms with Crippen LogP contribution in [0.3, 0.4) is 0 Å². The number of carbonyl (C=O) groups is 1. The van der Waals surface area contributed by atoms with Crippen LogP contribution in [-0.4, -0.2) is 24.1 Å². The molecule has 1 aromatic heterocycles. The Morgan fingerprint density at radius 1 is 1.45 bits per heavy atom. The quantitative estimate of drug-likeness (QED) is 0.564. The third kappa shape index (κ3) is 5.07. The maximum Gasteiger partial charge on any atom is 0.341 e. The van der Waals surface area contributed by atoms with Crippen LogP contribution >= 0.6 is 0 Å². The Balaban J connectivity index is 2.64. The van der Waals surface area contributed by atoms with Crippen LogP contribution in [0.5, 0.6) is 0 Å². The minimum Gasteiger partial charge on any atom is -0.465 e. The van der Waals surface area contributed by atoms with E-state index in [-0.39, 0.29) is 6.04 Å². The van der Waals surface area contributed by atoms with Gasteiger partial charge in [-0.1, -0.05) is 32.6 Å². The molecule has 1 atom stereocenters. The van der Waals surface area contributed by atoms with Gasteiger partial charge in [-0.15, -0.1) is 0 Å². The first kappa shape index (κ1) is 16.3. The van der Waals surface area contributed by atoms with Gasteiger partial charge in [-0.25, -0.2) is 9.78 Å². The van der Waals surface area contributed by atoms with Crippen LogP contribution in [-0.2, 0) is 4.74 Å². The lowest BCUT2D eigenvalue weighted by Crippen LogP contribution is -2.19. The van der Waals surface area contributed by atoms with Gasteiger partial charge in [0.05, 0.1) is 19.0 Å². The number of nitrogens with zero attached hydrogens (tertiary/aromatic N) is 1. The molecular weight excluding hydrogens is 254 g/mol. The van der Waals surface area contributed by atoms with Crippen molar-refractivity contribution in [3.8, 4) is 0 Å². The van der Waals surface area contributed by atoms with E-state index in [1.54, 1.807) is 12.3 Å². The molecule has 1 heterocycles. The van der Waals surface area contributed by atoms with E-state index in [1.165, 1.54) is 32.8 Å². The van der Waals surface area contributed by atoms with Crippen molar-refractivity contribution >= 4 is 17.5 Å². The standard InChI is InChI=1S/C15H25N3O2/c1-4-5-6-7-8-11(2)18-14-13(15(19)20-3)9-12(16)10-17-14/h9-11H,4-8,16H2,1-3H3,(H,17,18). The Morgan fingerprint density at radius 2 is 2.20 bits per heavy atom. The predicted octanol–water partition coefficient (Wildman–Crippen LogP) is 3.22. The van der Waals surface area contributed by atoms with Crippen LogP contribution in [0.25, 0.3) is 0 Å². The minimum absolute atomic E-state index is 0.256. The lowest BCUT2D eigenvalue weighted by molar-refractivity contribution is 0.0601. The van der Waals surface area contributed by atoms with Gasteiger partial charge in [0.25, 0.3) is 0 Å². The normalized spacial score (nSPS) is 11.9. The summed E-state index contributed by atoms with van der Waals surface area (Å²) in [4.78, 5) is 15.9. The fourth-order valence-electron chi connectivity index (χ4n) is 2.04. The van der Waals surface area contributed by atoms with Crippen LogP contribution < -0.4 is 11.1 Å². The van der Waals surface area contributed by atoms with E-state index >= 15 is 0 Å². The van der Waals surface area contributed by atoms with E-state index in [2.05, 4.69) is 24.1 Å². The maximum absolute atomic E-state index is 11.7. The number of anilines is 2. The van der Waals surface area contributed by atoms with Gasteiger partial charge >= 0.3 is 5.97 Å². The topological polar surface area (TPSA) is 77.2 Å². The Bertz CT molecular complexity index is 435. The number of ether oxygens (including phenoxy) is 1. The van der Waals surface area contributed by atoms with Gasteiger partial charge in [0.2, 0.25) is 0 Å². The zero-order valence-corrected chi connectivity index (χ0v) is 12.6. The van der Waals surface area contributed by atoms with Crippen LogP contribution in [0.4, 0.5) is 11.5 Å². The summed E-state index contributed by atoms with van der Waals surface area (Å²) in [5, 5.41) is 3.26. The van der Waals surface area contributed by atoms with Crippen molar-refractivity contribution in [1.82, 2.24) is 4.98 Å². The second-order valence-electron chi connectivity index (χ2n) is 5.05. The zero-order chi connectivity index (χ0) is 15.0. The van der Waals surface area contributed by atoms with E-state index in [0.29, 0.717) is 17.1 Å². The number of carbonyl (C=O) groups excluding carboxylic acids is 1. The van der Waals surface area contributed by atoms with Gasteiger partial charge in [0.1, 0.15) is 11.4 Å². The number of esters is 1. The van der Waals surface area contributed by atoms with Crippen LogP contribution in [0.2, 0.25) is 0 Å². The van der Waals surface area contributed by atoms with E-state index in [9.17, 15) is 4.79 Å². The van der Waals surface area contributed by atoms with E-state index in [1.807, 2.05) is 0 Å². The van der Waals surface area contributed by atoms with Crippen molar-refractivity contribution in [3.63, 3.8) is 0 Å². The number of nitrogens with two attached hydrogens (primary N) is 1. The highest BCUT2D eigenvalue weighted by Gasteiger charge is 2.15. The molecule has 0 fully saturated rings. The Labute approximate surface area is 120 Å². The molecule has 5 heteroatoms. The van der Waals surface area contributed by atoms with Crippen molar-refractivity contribution in [3.05, 3.63) is 17.8 Å². The van der Waals surface area contributed by atoms with Gasteiger partial charge in [-0.3, -0.25) is 0 Å². The van der Waals surface area contributed by atoms with Crippen LogP contribution in [0, 0.1) is 0 Å². The smallest absolute Gasteiger partial charge is 0.341 e. The number of rotatable bonds is 8. The number of nitrogens with one attached hydrogen (secondary N) is 1. The highest BCUT2D eigenvalue weighted by Crippen LogP contribution is 2.18. The SMILES string of the molecule is CCCCCCC(C)Nc1ncc(N)cc1C(=O)OC. The molecule has 112 valence electrons. The van der Waals surface area contributed by atoms with Gasteiger partial charge < -0.3 is 15.8 Å². The van der Waals surface area contributed by atoms with Gasteiger partial charge in [-0.05, 0) is 19.4 Å². The second kappa shape index (κ2) is 8.40. The molecule has 0 amide bonds. The molecule has 0 bridgehead atoms. The zero-order valence-electron chi connectivity index (χ0n) is 12.6. The predicted molar refractivity (Wildman–Crippen MR) is 81.8 cm³/mol. The minimum atomic E-state index is -0.425. The molecule has 0 spiro atoms. The molecule has 0 aliphatic heterocycles. The first-order valence-electron chi connectivity index (χ1n) is 7.18. The summed E-state index contributed by atoms with van der Waals surface area (Å²) in [7, 11) is 1.35. The highest BCUT2D eigenvalue weighted by atomic mass is 16.5. The summed E-state index contributed by atoms with van der Waals surface area (Å²) in [6, 6.07) is 1.84. The first-order chi connectivity index (χ1) is 9.58. The molecule has 5 nitrogen and oxygen atoms in total. The number of pyridine rings is 1. The summed E-state index contributed by atoms with van der Waals surface area (Å²) in [5.41, 5.74) is 6.50. The van der Waals surface area contributed by atoms with E-state index in [4.69, 9.17) is 10.5 Å². The number of hydrogen-bond donors (Lipinski definition) is 2. The molecule has 0 aromatic carbocycles.